The van der Waals surface area contributed by atoms with Gasteiger partial charge in [0.2, 0.25) is 0 Å². The first-order valence-electron chi connectivity index (χ1n) is 12.5. The molecule has 168 valence electrons. The Balaban J connectivity index is 1.45. The molecule has 0 bridgehead atoms. The molecule has 0 aliphatic carbocycles. The lowest BCUT2D eigenvalue weighted by molar-refractivity contribution is 0.795. The zero-order chi connectivity index (χ0) is 23.6. The molecule has 4 aromatic rings. The molecular formula is C34H32. The van der Waals surface area contributed by atoms with Crippen LogP contribution in [-0.4, -0.2) is 0 Å². The third kappa shape index (κ3) is 6.63. The van der Waals surface area contributed by atoms with Gasteiger partial charge in [0.05, 0.1) is 0 Å². The Morgan fingerprint density at radius 2 is 0.794 bits per heavy atom. The highest BCUT2D eigenvalue weighted by Crippen LogP contribution is 2.18. The van der Waals surface area contributed by atoms with Crippen LogP contribution >= 0.6 is 0 Å². The minimum Gasteiger partial charge on any atom is -0.0654 e. The summed E-state index contributed by atoms with van der Waals surface area (Å²) in [5.74, 6) is 13.2. The molecular weight excluding hydrogens is 408 g/mol. The van der Waals surface area contributed by atoms with Gasteiger partial charge >= 0.3 is 0 Å². The number of unbranched alkanes of at least 4 members (excludes halogenated alkanes) is 2. The zero-order valence-electron chi connectivity index (χ0n) is 20.3. The Hall–Kier alpha value is -3.74. The molecule has 0 aliphatic rings. The Labute approximate surface area is 205 Å². The predicted octanol–water partition coefficient (Wildman–Crippen LogP) is 8.32. The van der Waals surface area contributed by atoms with Gasteiger partial charge in [-0.2, -0.15) is 0 Å². The van der Waals surface area contributed by atoms with E-state index in [1.165, 1.54) is 47.6 Å². The van der Waals surface area contributed by atoms with Gasteiger partial charge in [0.1, 0.15) is 0 Å². The Kier molecular flexibility index (Phi) is 8.22. The van der Waals surface area contributed by atoms with Gasteiger partial charge in [-0.25, -0.2) is 0 Å². The maximum absolute atomic E-state index is 3.32. The molecule has 0 heteroatoms. The van der Waals surface area contributed by atoms with E-state index in [9.17, 15) is 0 Å². The highest BCUT2D eigenvalue weighted by atomic mass is 14.0. The van der Waals surface area contributed by atoms with Gasteiger partial charge in [-0.15, -0.1) is 0 Å². The van der Waals surface area contributed by atoms with E-state index in [0.29, 0.717) is 0 Å². The van der Waals surface area contributed by atoms with Crippen molar-refractivity contribution in [1.82, 2.24) is 0 Å². The number of fused-ring (bicyclic) bond motifs is 1. The normalized spacial score (nSPS) is 10.3. The molecule has 0 spiro atoms. The van der Waals surface area contributed by atoms with Crippen molar-refractivity contribution in [2.75, 3.05) is 0 Å². The van der Waals surface area contributed by atoms with Crippen LogP contribution in [0.15, 0.2) is 84.9 Å². The van der Waals surface area contributed by atoms with Gasteiger partial charge in [-0.3, -0.25) is 0 Å². The number of aryl methyl sites for hydroxylation is 2. The van der Waals surface area contributed by atoms with Crippen LogP contribution in [0.4, 0.5) is 0 Å². The Morgan fingerprint density at radius 3 is 1.18 bits per heavy atom. The van der Waals surface area contributed by atoms with Crippen LogP contribution in [0, 0.1) is 23.7 Å². The second kappa shape index (κ2) is 11.9. The van der Waals surface area contributed by atoms with Gasteiger partial charge < -0.3 is 0 Å². The lowest BCUT2D eigenvalue weighted by Gasteiger charge is -2.01. The standard InChI is InChI=1S/C34H32/c1-3-5-7-27-9-13-29(14-10-27)17-19-31-21-23-34-26-32(22-24-33(34)25-31)20-18-30-15-11-28(12-16-30)8-6-4-2/h9-16,21-26H,3-8H2,1-2H3. The van der Waals surface area contributed by atoms with E-state index in [4.69, 9.17) is 0 Å². The second-order valence-corrected chi connectivity index (χ2v) is 8.88. The quantitative estimate of drug-likeness (QED) is 0.264. The van der Waals surface area contributed by atoms with Crippen molar-refractivity contribution in [3.8, 4) is 23.7 Å². The van der Waals surface area contributed by atoms with E-state index in [1.54, 1.807) is 0 Å². The molecule has 4 aromatic carbocycles. The first-order chi connectivity index (χ1) is 16.7. The van der Waals surface area contributed by atoms with Crippen LogP contribution in [0.2, 0.25) is 0 Å². The summed E-state index contributed by atoms with van der Waals surface area (Å²) in [5.41, 5.74) is 6.96. The summed E-state index contributed by atoms with van der Waals surface area (Å²) in [6.07, 6.45) is 7.22. The zero-order valence-corrected chi connectivity index (χ0v) is 20.3. The maximum atomic E-state index is 3.32. The molecule has 34 heavy (non-hydrogen) atoms. The molecule has 0 fully saturated rings. The summed E-state index contributed by atoms with van der Waals surface area (Å²) in [7, 11) is 0. The topological polar surface area (TPSA) is 0 Å². The highest BCUT2D eigenvalue weighted by molar-refractivity contribution is 5.85. The first kappa shape index (κ1) is 23.4. The van der Waals surface area contributed by atoms with Crippen LogP contribution in [0.3, 0.4) is 0 Å². The van der Waals surface area contributed by atoms with E-state index in [0.717, 1.165) is 35.1 Å². The van der Waals surface area contributed by atoms with Crippen LogP contribution in [-0.2, 0) is 12.8 Å². The molecule has 0 aliphatic heterocycles. The number of benzene rings is 4. The van der Waals surface area contributed by atoms with Crippen LogP contribution in [0.1, 0.15) is 72.9 Å². The van der Waals surface area contributed by atoms with Crippen molar-refractivity contribution in [1.29, 1.82) is 0 Å². The predicted molar refractivity (Wildman–Crippen MR) is 146 cm³/mol. The molecule has 0 atom stereocenters. The Morgan fingerprint density at radius 1 is 0.441 bits per heavy atom. The maximum Gasteiger partial charge on any atom is 0.0255 e. The fraction of sp³-hybridized carbons (Fsp3) is 0.235. The summed E-state index contributed by atoms with van der Waals surface area (Å²) < 4.78 is 0. The number of hydrogen-bond donors (Lipinski definition) is 0. The third-order valence-electron chi connectivity index (χ3n) is 6.09. The second-order valence-electron chi connectivity index (χ2n) is 8.88. The highest BCUT2D eigenvalue weighted by Gasteiger charge is 1.98. The van der Waals surface area contributed by atoms with Crippen LogP contribution < -0.4 is 0 Å². The molecule has 0 saturated carbocycles. The smallest absolute Gasteiger partial charge is 0.0255 e. The van der Waals surface area contributed by atoms with E-state index in [2.05, 4.69) is 122 Å². The first-order valence-corrected chi connectivity index (χ1v) is 12.5. The molecule has 0 heterocycles. The fourth-order valence-corrected chi connectivity index (χ4v) is 3.96. The number of hydrogen-bond acceptors (Lipinski definition) is 0. The van der Waals surface area contributed by atoms with Gasteiger partial charge in [-0.05, 0) is 96.1 Å². The summed E-state index contributed by atoms with van der Waals surface area (Å²) >= 11 is 0. The van der Waals surface area contributed by atoms with Crippen molar-refractivity contribution >= 4 is 10.8 Å². The molecule has 0 nitrogen and oxygen atoms in total. The summed E-state index contributed by atoms with van der Waals surface area (Å²) in [4.78, 5) is 0. The molecule has 0 unspecified atom stereocenters. The lowest BCUT2D eigenvalue weighted by Crippen LogP contribution is -1.85. The van der Waals surface area contributed by atoms with E-state index < -0.39 is 0 Å². The molecule has 0 radical (unpaired) electrons. The molecule has 0 amide bonds. The SMILES string of the molecule is CCCCc1ccc(C#Cc2ccc3cc(C#Cc4ccc(CCCC)cc4)ccc3c2)cc1. The van der Waals surface area contributed by atoms with Gasteiger partial charge in [-0.1, -0.05) is 86.8 Å². The van der Waals surface area contributed by atoms with Crippen molar-refractivity contribution in [3.05, 3.63) is 118 Å². The molecule has 4 rings (SSSR count). The van der Waals surface area contributed by atoms with Gasteiger partial charge in [0.15, 0.2) is 0 Å². The minimum atomic E-state index is 1.03. The molecule has 0 N–H and O–H groups in total. The summed E-state index contributed by atoms with van der Waals surface area (Å²) in [6, 6.07) is 30.1. The van der Waals surface area contributed by atoms with Crippen LogP contribution in [0.5, 0.6) is 0 Å². The van der Waals surface area contributed by atoms with Crippen molar-refractivity contribution < 1.29 is 0 Å². The summed E-state index contributed by atoms with van der Waals surface area (Å²) in [5, 5.41) is 2.38. The monoisotopic (exact) mass is 440 g/mol. The average Bonchev–Trinajstić information content (AvgIpc) is 2.89. The van der Waals surface area contributed by atoms with E-state index in [-0.39, 0.29) is 0 Å². The van der Waals surface area contributed by atoms with Crippen molar-refractivity contribution in [3.63, 3.8) is 0 Å². The van der Waals surface area contributed by atoms with E-state index >= 15 is 0 Å². The minimum absolute atomic E-state index is 1.03. The van der Waals surface area contributed by atoms with Gasteiger partial charge in [0, 0.05) is 22.3 Å². The summed E-state index contributed by atoms with van der Waals surface area (Å²) in [6.45, 7) is 4.46. The lowest BCUT2D eigenvalue weighted by atomic mass is 10.0. The average molecular weight is 441 g/mol. The molecule has 0 saturated heterocycles. The van der Waals surface area contributed by atoms with Crippen LogP contribution in [0.25, 0.3) is 10.8 Å². The van der Waals surface area contributed by atoms with Crippen molar-refractivity contribution in [2.24, 2.45) is 0 Å². The van der Waals surface area contributed by atoms with Gasteiger partial charge in [0.25, 0.3) is 0 Å². The Bertz CT molecular complexity index is 1240. The van der Waals surface area contributed by atoms with E-state index in [1.807, 2.05) is 0 Å². The number of rotatable bonds is 6. The third-order valence-corrected chi connectivity index (χ3v) is 6.09. The molecule has 0 aromatic heterocycles. The fourth-order valence-electron chi connectivity index (χ4n) is 3.96. The largest absolute Gasteiger partial charge is 0.0654 e. The van der Waals surface area contributed by atoms with Crippen molar-refractivity contribution in [2.45, 2.75) is 52.4 Å².